The maximum atomic E-state index is 12.4. The number of benzene rings is 1. The van der Waals surface area contributed by atoms with E-state index in [1.165, 1.54) is 6.20 Å². The lowest BCUT2D eigenvalue weighted by Gasteiger charge is -2.32. The summed E-state index contributed by atoms with van der Waals surface area (Å²) in [6, 6.07) is 9.09. The van der Waals surface area contributed by atoms with E-state index in [1.54, 1.807) is 4.90 Å². The third kappa shape index (κ3) is 4.52. The molecule has 0 spiro atoms. The maximum absolute atomic E-state index is 12.4. The second-order valence-electron chi connectivity index (χ2n) is 6.41. The molecule has 0 bridgehead atoms. The Bertz CT molecular complexity index is 857. The van der Waals surface area contributed by atoms with E-state index in [4.69, 9.17) is 0 Å². The van der Waals surface area contributed by atoms with Gasteiger partial charge in [0.1, 0.15) is 11.4 Å². The first-order valence-electron chi connectivity index (χ1n) is 9.07. The molecule has 0 atom stereocenters. The smallest absolute Gasteiger partial charge is 0.317 e. The number of carbonyl (C=O) groups is 2. The summed E-state index contributed by atoms with van der Waals surface area (Å²) in [7, 11) is 0. The summed E-state index contributed by atoms with van der Waals surface area (Å²) in [6.45, 7) is 3.60. The van der Waals surface area contributed by atoms with Gasteiger partial charge in [-0.25, -0.2) is 9.78 Å². The highest BCUT2D eigenvalue weighted by Crippen LogP contribution is 2.13. The number of hydrogen-bond donors (Lipinski definition) is 3. The van der Waals surface area contributed by atoms with E-state index in [0.717, 1.165) is 5.56 Å². The molecule has 142 valence electrons. The minimum Gasteiger partial charge on any atom is -0.349 e. The van der Waals surface area contributed by atoms with Gasteiger partial charge in [-0.15, -0.1) is 0 Å². The highest BCUT2D eigenvalue weighted by molar-refractivity contribution is 5.93. The minimum atomic E-state index is -0.471. The van der Waals surface area contributed by atoms with E-state index in [2.05, 4.69) is 20.6 Å². The van der Waals surface area contributed by atoms with Gasteiger partial charge in [0.2, 0.25) is 0 Å². The van der Waals surface area contributed by atoms with Crippen molar-refractivity contribution in [2.45, 2.75) is 25.8 Å². The number of aromatic nitrogens is 2. The van der Waals surface area contributed by atoms with Crippen LogP contribution in [0, 0.1) is 0 Å². The predicted octanol–water partition coefficient (Wildman–Crippen LogP) is 1.36. The van der Waals surface area contributed by atoms with E-state index in [-0.39, 0.29) is 17.6 Å². The quantitative estimate of drug-likeness (QED) is 0.756. The molecule has 3 amide bonds. The molecule has 8 heteroatoms. The van der Waals surface area contributed by atoms with Crippen molar-refractivity contribution in [2.75, 3.05) is 19.6 Å². The number of urea groups is 1. The SMILES string of the molecule is CCNC(=O)N1CCC(NC(=O)c2cnc(-c3ccccc3)[nH]c2=O)CC1. The molecular formula is C19H23N5O3. The Morgan fingerprint density at radius 1 is 1.22 bits per heavy atom. The van der Waals surface area contributed by atoms with Gasteiger partial charge in [-0.05, 0) is 19.8 Å². The van der Waals surface area contributed by atoms with Crippen molar-refractivity contribution in [3.63, 3.8) is 0 Å². The molecule has 0 saturated carbocycles. The Morgan fingerprint density at radius 2 is 1.93 bits per heavy atom. The highest BCUT2D eigenvalue weighted by atomic mass is 16.2. The summed E-state index contributed by atoms with van der Waals surface area (Å²) in [5.41, 5.74) is 0.293. The fraction of sp³-hybridized carbons (Fsp3) is 0.368. The molecule has 3 rings (SSSR count). The summed E-state index contributed by atoms with van der Waals surface area (Å²) < 4.78 is 0. The molecule has 27 heavy (non-hydrogen) atoms. The van der Waals surface area contributed by atoms with Gasteiger partial charge in [0.25, 0.3) is 11.5 Å². The number of amides is 3. The van der Waals surface area contributed by atoms with Crippen LogP contribution in [0.2, 0.25) is 0 Å². The predicted molar refractivity (Wildman–Crippen MR) is 101 cm³/mol. The van der Waals surface area contributed by atoms with E-state index < -0.39 is 11.5 Å². The molecule has 0 unspecified atom stereocenters. The average molecular weight is 369 g/mol. The number of nitrogens with zero attached hydrogens (tertiary/aromatic N) is 2. The van der Waals surface area contributed by atoms with Crippen LogP contribution in [-0.2, 0) is 0 Å². The fourth-order valence-electron chi connectivity index (χ4n) is 3.05. The van der Waals surface area contributed by atoms with Crippen molar-refractivity contribution < 1.29 is 9.59 Å². The number of hydrogen-bond acceptors (Lipinski definition) is 4. The number of aromatic amines is 1. The lowest BCUT2D eigenvalue weighted by Crippen LogP contribution is -2.49. The third-order valence-electron chi connectivity index (χ3n) is 4.54. The number of carbonyl (C=O) groups excluding carboxylic acids is 2. The molecule has 2 heterocycles. The zero-order chi connectivity index (χ0) is 19.2. The highest BCUT2D eigenvalue weighted by Gasteiger charge is 2.24. The summed E-state index contributed by atoms with van der Waals surface area (Å²) in [4.78, 5) is 45.1. The Kier molecular flexibility index (Phi) is 5.85. The number of H-pyrrole nitrogens is 1. The third-order valence-corrected chi connectivity index (χ3v) is 4.54. The first-order valence-corrected chi connectivity index (χ1v) is 9.07. The zero-order valence-electron chi connectivity index (χ0n) is 15.2. The Labute approximate surface area is 157 Å². The van der Waals surface area contributed by atoms with Gasteiger partial charge in [0.15, 0.2) is 0 Å². The Hall–Kier alpha value is -3.16. The molecule has 8 nitrogen and oxygen atoms in total. The summed E-state index contributed by atoms with van der Waals surface area (Å²) >= 11 is 0. The van der Waals surface area contributed by atoms with Gasteiger partial charge in [-0.1, -0.05) is 30.3 Å². The van der Waals surface area contributed by atoms with Crippen molar-refractivity contribution in [3.8, 4) is 11.4 Å². The van der Waals surface area contributed by atoms with E-state index in [0.29, 0.717) is 38.3 Å². The van der Waals surface area contributed by atoms with Crippen molar-refractivity contribution in [3.05, 3.63) is 52.4 Å². The molecule has 1 aliphatic rings. The van der Waals surface area contributed by atoms with Gasteiger partial charge in [-0.3, -0.25) is 9.59 Å². The lowest BCUT2D eigenvalue weighted by atomic mass is 10.0. The summed E-state index contributed by atoms with van der Waals surface area (Å²) in [5, 5.41) is 5.64. The van der Waals surface area contributed by atoms with Gasteiger partial charge < -0.3 is 20.5 Å². The molecule has 1 saturated heterocycles. The van der Waals surface area contributed by atoms with Gasteiger partial charge in [0, 0.05) is 37.4 Å². The molecule has 0 radical (unpaired) electrons. The minimum absolute atomic E-state index is 0.0131. The van der Waals surface area contributed by atoms with Crippen LogP contribution in [0.15, 0.2) is 41.3 Å². The molecule has 0 aliphatic carbocycles. The van der Waals surface area contributed by atoms with Crippen molar-refractivity contribution in [2.24, 2.45) is 0 Å². The van der Waals surface area contributed by atoms with Crippen LogP contribution >= 0.6 is 0 Å². The van der Waals surface area contributed by atoms with Crippen LogP contribution in [0.25, 0.3) is 11.4 Å². The second kappa shape index (κ2) is 8.48. The number of nitrogens with one attached hydrogen (secondary N) is 3. The monoisotopic (exact) mass is 369 g/mol. The molecule has 1 aliphatic heterocycles. The van der Waals surface area contributed by atoms with Gasteiger partial charge >= 0.3 is 6.03 Å². The standard InChI is InChI=1S/C19H23N5O3/c1-2-20-19(27)24-10-8-14(9-11-24)22-17(25)15-12-21-16(23-18(15)26)13-6-4-3-5-7-13/h3-7,12,14H,2,8-11H2,1H3,(H,20,27)(H,22,25)(H,21,23,26). The topological polar surface area (TPSA) is 107 Å². The molecule has 1 aromatic carbocycles. The van der Waals surface area contributed by atoms with E-state index >= 15 is 0 Å². The van der Waals surface area contributed by atoms with Crippen molar-refractivity contribution in [1.82, 2.24) is 25.5 Å². The van der Waals surface area contributed by atoms with Gasteiger partial charge in [0.05, 0.1) is 0 Å². The lowest BCUT2D eigenvalue weighted by molar-refractivity contribution is 0.0916. The largest absolute Gasteiger partial charge is 0.349 e. The molecule has 1 fully saturated rings. The van der Waals surface area contributed by atoms with Crippen molar-refractivity contribution in [1.29, 1.82) is 0 Å². The average Bonchev–Trinajstić information content (AvgIpc) is 2.69. The number of piperidine rings is 1. The van der Waals surface area contributed by atoms with Crippen LogP contribution < -0.4 is 16.2 Å². The molecule has 3 N–H and O–H groups in total. The first-order chi connectivity index (χ1) is 13.1. The van der Waals surface area contributed by atoms with Crippen LogP contribution in [0.5, 0.6) is 0 Å². The molecule has 1 aromatic heterocycles. The van der Waals surface area contributed by atoms with Crippen LogP contribution in [0.4, 0.5) is 4.79 Å². The Morgan fingerprint density at radius 3 is 2.56 bits per heavy atom. The molecular weight excluding hydrogens is 346 g/mol. The fourth-order valence-corrected chi connectivity index (χ4v) is 3.05. The summed E-state index contributed by atoms with van der Waals surface area (Å²) in [5.74, 6) is -0.0211. The molecule has 2 aromatic rings. The summed E-state index contributed by atoms with van der Waals surface area (Å²) in [6.07, 6.45) is 2.60. The Balaban J connectivity index is 1.61. The number of rotatable bonds is 4. The maximum Gasteiger partial charge on any atom is 0.317 e. The van der Waals surface area contributed by atoms with Crippen LogP contribution in [0.3, 0.4) is 0 Å². The van der Waals surface area contributed by atoms with Gasteiger partial charge in [-0.2, -0.15) is 0 Å². The second-order valence-corrected chi connectivity index (χ2v) is 6.41. The van der Waals surface area contributed by atoms with E-state index in [9.17, 15) is 14.4 Å². The van der Waals surface area contributed by atoms with Crippen LogP contribution in [-0.4, -0.2) is 52.5 Å². The van der Waals surface area contributed by atoms with Crippen LogP contribution in [0.1, 0.15) is 30.1 Å². The zero-order valence-corrected chi connectivity index (χ0v) is 15.2. The van der Waals surface area contributed by atoms with E-state index in [1.807, 2.05) is 37.3 Å². The first kappa shape index (κ1) is 18.6. The van der Waals surface area contributed by atoms with Crippen molar-refractivity contribution >= 4 is 11.9 Å². The number of likely N-dealkylation sites (tertiary alicyclic amines) is 1. The normalized spacial score (nSPS) is 14.6.